The monoisotopic (exact) mass is 328 g/mol. The van der Waals surface area contributed by atoms with Gasteiger partial charge < -0.3 is 10.1 Å². The Hall–Kier alpha value is -1.67. The van der Waals surface area contributed by atoms with Crippen LogP contribution in [0.4, 0.5) is 19.3 Å². The van der Waals surface area contributed by atoms with E-state index in [1.54, 1.807) is 0 Å². The molecule has 0 unspecified atom stereocenters. The van der Waals surface area contributed by atoms with Gasteiger partial charge in [0.1, 0.15) is 11.1 Å². The number of carbonyl (C=O) groups excluding carboxylic acids is 1. The summed E-state index contributed by atoms with van der Waals surface area (Å²) in [4.78, 5) is 20.9. The van der Waals surface area contributed by atoms with Gasteiger partial charge in [0.2, 0.25) is 0 Å². The summed E-state index contributed by atoms with van der Waals surface area (Å²) in [7, 11) is 0. The number of rotatable bonds is 2. The summed E-state index contributed by atoms with van der Waals surface area (Å²) in [6.45, 7) is -1.08. The van der Waals surface area contributed by atoms with Crippen LogP contribution < -0.4 is 5.32 Å². The van der Waals surface area contributed by atoms with Gasteiger partial charge in [0.05, 0.1) is 4.92 Å². The van der Waals surface area contributed by atoms with E-state index in [4.69, 9.17) is 11.6 Å². The highest BCUT2D eigenvalue weighted by Crippen LogP contribution is 2.37. The number of alkyl carbamates (subject to hydrolysis) is 1. The van der Waals surface area contributed by atoms with Crippen LogP contribution >= 0.6 is 24.0 Å². The van der Waals surface area contributed by atoms with E-state index in [1.165, 1.54) is 6.07 Å². The van der Waals surface area contributed by atoms with Crippen molar-refractivity contribution in [3.63, 3.8) is 0 Å². The molecule has 110 valence electrons. The smallest absolute Gasteiger partial charge is 0.408 e. The summed E-state index contributed by atoms with van der Waals surface area (Å²) >= 11 is 5.59. The Labute approximate surface area is 122 Å². The molecule has 1 saturated heterocycles. The zero-order valence-corrected chi connectivity index (χ0v) is 11.2. The van der Waals surface area contributed by atoms with Crippen molar-refractivity contribution in [1.29, 1.82) is 0 Å². The number of alkyl halides is 2. The molecule has 1 N–H and O–H groups in total. The molecule has 1 atom stereocenters. The number of hydrogen-bond acceptors (Lipinski definition) is 4. The molecule has 1 aliphatic rings. The van der Waals surface area contributed by atoms with Crippen molar-refractivity contribution in [1.82, 2.24) is 5.32 Å². The summed E-state index contributed by atoms with van der Waals surface area (Å²) < 4.78 is 31.4. The highest BCUT2D eigenvalue weighted by atomic mass is 35.5. The lowest BCUT2D eigenvalue weighted by atomic mass is 9.99. The number of nitrogens with zero attached hydrogens (tertiary/aromatic N) is 1. The van der Waals surface area contributed by atoms with Gasteiger partial charge in [0.15, 0.2) is 6.61 Å². The molecule has 0 bridgehead atoms. The van der Waals surface area contributed by atoms with Crippen LogP contribution in [0.25, 0.3) is 0 Å². The minimum absolute atomic E-state index is 0. The lowest BCUT2D eigenvalue weighted by molar-refractivity contribution is -0.384. The zero-order valence-electron chi connectivity index (χ0n) is 9.64. The Morgan fingerprint density at radius 1 is 1.50 bits per heavy atom. The van der Waals surface area contributed by atoms with Crippen LogP contribution in [0.1, 0.15) is 11.6 Å². The van der Waals surface area contributed by atoms with Crippen molar-refractivity contribution in [2.75, 3.05) is 6.61 Å². The van der Waals surface area contributed by atoms with Gasteiger partial charge in [-0.1, -0.05) is 17.7 Å². The number of carbonyl (C=O) groups is 1. The van der Waals surface area contributed by atoms with Gasteiger partial charge in [-0.2, -0.15) is 0 Å². The van der Waals surface area contributed by atoms with Gasteiger partial charge in [-0.15, -0.1) is 12.4 Å². The summed E-state index contributed by atoms with van der Waals surface area (Å²) in [6.07, 6.45) is -1.01. The van der Waals surface area contributed by atoms with Crippen molar-refractivity contribution in [3.05, 3.63) is 38.9 Å². The number of ether oxygens (including phenoxy) is 1. The first-order valence-corrected chi connectivity index (χ1v) is 5.44. The molecular formula is C10H8Cl2F2N2O4. The fraction of sp³-hybridized carbons (Fsp3) is 0.300. The Bertz CT molecular complexity index is 556. The molecule has 6 nitrogen and oxygen atoms in total. The quantitative estimate of drug-likeness (QED) is 0.668. The highest BCUT2D eigenvalue weighted by Gasteiger charge is 2.47. The molecule has 0 spiro atoms. The topological polar surface area (TPSA) is 81.5 Å². The van der Waals surface area contributed by atoms with E-state index in [0.29, 0.717) is 0 Å². The third-order valence-corrected chi connectivity index (χ3v) is 2.90. The Morgan fingerprint density at radius 3 is 2.75 bits per heavy atom. The minimum Gasteiger partial charge on any atom is -0.443 e. The highest BCUT2D eigenvalue weighted by molar-refractivity contribution is 6.32. The number of nitro groups is 1. The third kappa shape index (κ3) is 3.07. The Morgan fingerprint density at radius 2 is 2.15 bits per heavy atom. The average molecular weight is 329 g/mol. The molecule has 1 aliphatic heterocycles. The lowest BCUT2D eigenvalue weighted by Crippen LogP contribution is -2.49. The summed E-state index contributed by atoms with van der Waals surface area (Å²) in [5.74, 6) is -3.37. The Kier molecular flexibility index (Phi) is 4.72. The molecule has 1 fully saturated rings. The fourth-order valence-corrected chi connectivity index (χ4v) is 1.87. The number of amides is 1. The molecule has 1 amide bonds. The second kappa shape index (κ2) is 5.76. The minimum atomic E-state index is -3.37. The zero-order chi connectivity index (χ0) is 14.2. The SMILES string of the molecule is Cl.O=C1N[C@H](c2ccc(Cl)c([N+](=O)[O-])c2)C(F)(F)CO1. The predicted octanol–water partition coefficient (Wildman–Crippen LogP) is 3.09. The van der Waals surface area contributed by atoms with Crippen molar-refractivity contribution in [3.8, 4) is 0 Å². The van der Waals surface area contributed by atoms with E-state index in [2.05, 4.69) is 4.74 Å². The first kappa shape index (κ1) is 16.4. The van der Waals surface area contributed by atoms with Crippen molar-refractivity contribution in [2.24, 2.45) is 0 Å². The molecule has 2 rings (SSSR count). The molecule has 0 aliphatic carbocycles. The second-order valence-electron chi connectivity index (χ2n) is 3.88. The van der Waals surface area contributed by atoms with Gasteiger partial charge in [0, 0.05) is 6.07 Å². The molecule has 0 aromatic heterocycles. The molecule has 20 heavy (non-hydrogen) atoms. The second-order valence-corrected chi connectivity index (χ2v) is 4.29. The van der Waals surface area contributed by atoms with Gasteiger partial charge in [0.25, 0.3) is 5.69 Å². The summed E-state index contributed by atoms with van der Waals surface area (Å²) in [5, 5.41) is 12.5. The Balaban J connectivity index is 0.00000200. The fourth-order valence-electron chi connectivity index (χ4n) is 1.69. The molecule has 0 radical (unpaired) electrons. The molecule has 1 aromatic rings. The van der Waals surface area contributed by atoms with Gasteiger partial charge in [-0.05, 0) is 11.6 Å². The molecule has 0 saturated carbocycles. The maximum absolute atomic E-state index is 13.6. The normalized spacial score (nSPS) is 20.4. The third-order valence-electron chi connectivity index (χ3n) is 2.58. The number of nitrogens with one attached hydrogen (secondary N) is 1. The van der Waals surface area contributed by atoms with Crippen LogP contribution in [-0.4, -0.2) is 23.5 Å². The summed E-state index contributed by atoms with van der Waals surface area (Å²) in [5.41, 5.74) is -0.617. The number of halogens is 4. The van der Waals surface area contributed by atoms with Crippen molar-refractivity contribution < 1.29 is 23.2 Å². The van der Waals surface area contributed by atoms with Crippen LogP contribution in [-0.2, 0) is 4.74 Å². The van der Waals surface area contributed by atoms with Crippen LogP contribution in [0.15, 0.2) is 18.2 Å². The average Bonchev–Trinajstić information content (AvgIpc) is 2.33. The molecule has 10 heteroatoms. The number of nitro benzene ring substituents is 1. The molecular weight excluding hydrogens is 321 g/mol. The molecule has 1 aromatic carbocycles. The maximum Gasteiger partial charge on any atom is 0.408 e. The number of benzene rings is 1. The standard InChI is InChI=1S/C10H7ClF2N2O4.ClH/c11-6-2-1-5(3-7(6)15(17)18)8-10(12,13)4-19-9(16)14-8;/h1-3,8H,4H2,(H,14,16);1H/t8-;/m1./s1. The van der Waals surface area contributed by atoms with E-state index in [-0.39, 0.29) is 23.0 Å². The summed E-state index contributed by atoms with van der Waals surface area (Å²) in [6, 6.07) is 1.54. The van der Waals surface area contributed by atoms with Crippen molar-refractivity contribution >= 4 is 35.8 Å². The van der Waals surface area contributed by atoms with E-state index in [1.807, 2.05) is 5.32 Å². The maximum atomic E-state index is 13.6. The lowest BCUT2D eigenvalue weighted by Gasteiger charge is -2.31. The van der Waals surface area contributed by atoms with Crippen LogP contribution in [0.3, 0.4) is 0 Å². The van der Waals surface area contributed by atoms with Gasteiger partial charge in [-0.3, -0.25) is 10.1 Å². The first-order valence-electron chi connectivity index (χ1n) is 5.06. The van der Waals surface area contributed by atoms with Crippen LogP contribution in [0, 0.1) is 10.1 Å². The van der Waals surface area contributed by atoms with E-state index in [0.717, 1.165) is 12.1 Å². The van der Waals surface area contributed by atoms with Crippen LogP contribution in [0.2, 0.25) is 5.02 Å². The van der Waals surface area contributed by atoms with Gasteiger partial charge >= 0.3 is 12.0 Å². The number of cyclic esters (lactones) is 1. The largest absolute Gasteiger partial charge is 0.443 e. The van der Waals surface area contributed by atoms with E-state index >= 15 is 0 Å². The predicted molar refractivity (Wildman–Crippen MR) is 67.5 cm³/mol. The van der Waals surface area contributed by atoms with Crippen molar-refractivity contribution in [2.45, 2.75) is 12.0 Å². The number of hydrogen-bond donors (Lipinski definition) is 1. The first-order chi connectivity index (χ1) is 8.81. The van der Waals surface area contributed by atoms with E-state index in [9.17, 15) is 23.7 Å². The van der Waals surface area contributed by atoms with E-state index < -0.39 is 35.3 Å². The molecule has 1 heterocycles. The van der Waals surface area contributed by atoms with Gasteiger partial charge in [-0.25, -0.2) is 13.6 Å². The van der Waals surface area contributed by atoms with Crippen LogP contribution in [0.5, 0.6) is 0 Å².